The number of carbonyl (C=O) groups is 1. The van der Waals surface area contributed by atoms with Crippen LogP contribution in [0.4, 0.5) is 0 Å². The molecular formula is C17H25N3O3. The first-order valence-corrected chi connectivity index (χ1v) is 8.42. The third-order valence-electron chi connectivity index (χ3n) is 4.79. The second kappa shape index (κ2) is 7.36. The van der Waals surface area contributed by atoms with Crippen molar-refractivity contribution < 1.29 is 14.3 Å². The maximum absolute atomic E-state index is 12.6. The van der Waals surface area contributed by atoms with Gasteiger partial charge in [-0.05, 0) is 45.1 Å². The first-order chi connectivity index (χ1) is 11.1. The molecule has 2 aliphatic rings. The smallest absolute Gasteiger partial charge is 0.270 e. The highest BCUT2D eigenvalue weighted by atomic mass is 16.5. The van der Waals surface area contributed by atoms with E-state index < -0.39 is 0 Å². The van der Waals surface area contributed by atoms with Crippen LogP contribution in [-0.4, -0.2) is 48.3 Å². The van der Waals surface area contributed by atoms with E-state index in [4.69, 9.17) is 9.47 Å². The molecule has 1 aromatic heterocycles. The van der Waals surface area contributed by atoms with Crippen molar-refractivity contribution in [2.24, 2.45) is 11.8 Å². The van der Waals surface area contributed by atoms with Crippen LogP contribution in [0.25, 0.3) is 0 Å². The summed E-state index contributed by atoms with van der Waals surface area (Å²) in [5.41, 5.74) is 1.27. The summed E-state index contributed by atoms with van der Waals surface area (Å²) < 4.78 is 11.1. The number of rotatable bonds is 3. The molecule has 1 aromatic rings. The third-order valence-corrected chi connectivity index (χ3v) is 4.79. The maximum atomic E-state index is 12.6. The molecule has 0 spiro atoms. The molecule has 1 amide bonds. The molecule has 23 heavy (non-hydrogen) atoms. The fourth-order valence-electron chi connectivity index (χ4n) is 3.62. The SMILES string of the molecule is Cc1cc(C(=O)N[C@@H]2CCOC[C@@H]2C2CCOCC2)nc(C)n1. The average Bonchev–Trinajstić information content (AvgIpc) is 2.55. The second-order valence-corrected chi connectivity index (χ2v) is 6.50. The summed E-state index contributed by atoms with van der Waals surface area (Å²) in [7, 11) is 0. The molecule has 3 heterocycles. The Balaban J connectivity index is 1.69. The molecule has 0 aromatic carbocycles. The molecule has 0 radical (unpaired) electrons. The molecule has 6 nitrogen and oxygen atoms in total. The van der Waals surface area contributed by atoms with Crippen LogP contribution in [0.3, 0.4) is 0 Å². The number of nitrogens with one attached hydrogen (secondary N) is 1. The van der Waals surface area contributed by atoms with Gasteiger partial charge in [0.25, 0.3) is 5.91 Å². The highest BCUT2D eigenvalue weighted by Crippen LogP contribution is 2.30. The molecule has 0 unspecified atom stereocenters. The summed E-state index contributed by atoms with van der Waals surface area (Å²) in [6, 6.07) is 1.89. The summed E-state index contributed by atoms with van der Waals surface area (Å²) in [6.45, 7) is 6.73. The van der Waals surface area contributed by atoms with E-state index in [1.54, 1.807) is 6.07 Å². The lowest BCUT2D eigenvalue weighted by Gasteiger charge is -2.38. The van der Waals surface area contributed by atoms with E-state index in [1.165, 1.54) is 0 Å². The van der Waals surface area contributed by atoms with Gasteiger partial charge < -0.3 is 14.8 Å². The van der Waals surface area contributed by atoms with Gasteiger partial charge in [0.2, 0.25) is 0 Å². The highest BCUT2D eigenvalue weighted by molar-refractivity contribution is 5.92. The topological polar surface area (TPSA) is 73.3 Å². The summed E-state index contributed by atoms with van der Waals surface area (Å²) >= 11 is 0. The fourth-order valence-corrected chi connectivity index (χ4v) is 3.62. The predicted octanol–water partition coefficient (Wildman–Crippen LogP) is 1.65. The van der Waals surface area contributed by atoms with Gasteiger partial charge in [0.1, 0.15) is 11.5 Å². The quantitative estimate of drug-likeness (QED) is 0.917. The Labute approximate surface area is 137 Å². The first kappa shape index (κ1) is 16.3. The largest absolute Gasteiger partial charge is 0.381 e. The molecule has 1 N–H and O–H groups in total. The van der Waals surface area contributed by atoms with Crippen molar-refractivity contribution in [1.29, 1.82) is 0 Å². The lowest BCUT2D eigenvalue weighted by molar-refractivity contribution is -0.0259. The van der Waals surface area contributed by atoms with Crippen LogP contribution in [0, 0.1) is 25.7 Å². The van der Waals surface area contributed by atoms with Gasteiger partial charge in [0.05, 0.1) is 6.61 Å². The van der Waals surface area contributed by atoms with Gasteiger partial charge in [0.15, 0.2) is 0 Å². The monoisotopic (exact) mass is 319 g/mol. The Morgan fingerprint density at radius 1 is 1.13 bits per heavy atom. The number of ether oxygens (including phenoxy) is 2. The van der Waals surface area contributed by atoms with Gasteiger partial charge in [-0.3, -0.25) is 4.79 Å². The van der Waals surface area contributed by atoms with Crippen molar-refractivity contribution in [1.82, 2.24) is 15.3 Å². The standard InChI is InChI=1S/C17H25N3O3/c1-11-9-16(19-12(2)18-11)17(21)20-15-5-8-23-10-14(15)13-3-6-22-7-4-13/h9,13-15H,3-8,10H2,1-2H3,(H,20,21)/t14-,15-/m1/s1. The molecule has 3 rings (SSSR count). The van der Waals surface area contributed by atoms with E-state index in [2.05, 4.69) is 15.3 Å². The van der Waals surface area contributed by atoms with Crippen molar-refractivity contribution in [2.45, 2.75) is 39.2 Å². The van der Waals surface area contributed by atoms with E-state index in [0.29, 0.717) is 30.0 Å². The number of nitrogens with zero attached hydrogens (tertiary/aromatic N) is 2. The maximum Gasteiger partial charge on any atom is 0.270 e. The normalized spacial score (nSPS) is 26.0. The fraction of sp³-hybridized carbons (Fsp3) is 0.706. The van der Waals surface area contributed by atoms with Crippen LogP contribution in [0.1, 0.15) is 41.3 Å². The van der Waals surface area contributed by atoms with Crippen LogP contribution in [0.2, 0.25) is 0 Å². The second-order valence-electron chi connectivity index (χ2n) is 6.50. The van der Waals surface area contributed by atoms with Gasteiger partial charge in [-0.15, -0.1) is 0 Å². The zero-order valence-electron chi connectivity index (χ0n) is 13.9. The lowest BCUT2D eigenvalue weighted by atomic mass is 9.79. The summed E-state index contributed by atoms with van der Waals surface area (Å²) in [6.07, 6.45) is 2.95. The molecule has 6 heteroatoms. The predicted molar refractivity (Wildman–Crippen MR) is 85.2 cm³/mol. The van der Waals surface area contributed by atoms with Crippen molar-refractivity contribution in [3.05, 3.63) is 23.3 Å². The molecule has 2 fully saturated rings. The Bertz CT molecular complexity index is 538. The van der Waals surface area contributed by atoms with Crippen LogP contribution in [0.5, 0.6) is 0 Å². The molecule has 0 bridgehead atoms. The van der Waals surface area contributed by atoms with Gasteiger partial charge in [-0.25, -0.2) is 9.97 Å². The number of hydrogen-bond donors (Lipinski definition) is 1. The first-order valence-electron chi connectivity index (χ1n) is 8.42. The van der Waals surface area contributed by atoms with Crippen LogP contribution < -0.4 is 5.32 Å². The molecule has 2 aliphatic heterocycles. The minimum absolute atomic E-state index is 0.109. The molecule has 126 valence electrons. The van der Waals surface area contributed by atoms with Crippen LogP contribution in [0.15, 0.2) is 6.07 Å². The van der Waals surface area contributed by atoms with E-state index in [-0.39, 0.29) is 11.9 Å². The summed E-state index contributed by atoms with van der Waals surface area (Å²) in [5.74, 6) is 1.44. The Hall–Kier alpha value is -1.53. The number of carbonyl (C=O) groups excluding carboxylic acids is 1. The van der Waals surface area contributed by atoms with Gasteiger partial charge in [0, 0.05) is 37.5 Å². The summed E-state index contributed by atoms with van der Waals surface area (Å²) in [5, 5.41) is 3.19. The Morgan fingerprint density at radius 2 is 1.87 bits per heavy atom. The molecular weight excluding hydrogens is 294 g/mol. The number of aromatic nitrogens is 2. The minimum Gasteiger partial charge on any atom is -0.381 e. The van der Waals surface area contributed by atoms with Gasteiger partial charge in [-0.2, -0.15) is 0 Å². The molecule has 2 atom stereocenters. The van der Waals surface area contributed by atoms with Crippen molar-refractivity contribution in [2.75, 3.05) is 26.4 Å². The highest BCUT2D eigenvalue weighted by Gasteiger charge is 2.34. The van der Waals surface area contributed by atoms with Gasteiger partial charge >= 0.3 is 0 Å². The third kappa shape index (κ3) is 4.06. The Morgan fingerprint density at radius 3 is 2.61 bits per heavy atom. The molecule has 0 aliphatic carbocycles. The average molecular weight is 319 g/mol. The lowest BCUT2D eigenvalue weighted by Crippen LogP contribution is -2.49. The zero-order chi connectivity index (χ0) is 16.2. The minimum atomic E-state index is -0.109. The van der Waals surface area contributed by atoms with Crippen LogP contribution in [-0.2, 0) is 9.47 Å². The molecule has 0 saturated carbocycles. The van der Waals surface area contributed by atoms with Crippen molar-refractivity contribution >= 4 is 5.91 Å². The van der Waals surface area contributed by atoms with E-state index in [1.807, 2.05) is 13.8 Å². The zero-order valence-corrected chi connectivity index (χ0v) is 13.9. The van der Waals surface area contributed by atoms with Crippen molar-refractivity contribution in [3.63, 3.8) is 0 Å². The molecule has 2 saturated heterocycles. The number of amides is 1. The van der Waals surface area contributed by atoms with Crippen LogP contribution >= 0.6 is 0 Å². The van der Waals surface area contributed by atoms with E-state index in [0.717, 1.165) is 44.8 Å². The van der Waals surface area contributed by atoms with Crippen molar-refractivity contribution in [3.8, 4) is 0 Å². The number of aryl methyl sites for hydroxylation is 2. The Kier molecular flexibility index (Phi) is 5.23. The van der Waals surface area contributed by atoms with E-state index in [9.17, 15) is 4.79 Å². The number of hydrogen-bond acceptors (Lipinski definition) is 5. The summed E-state index contributed by atoms with van der Waals surface area (Å²) in [4.78, 5) is 21.1. The van der Waals surface area contributed by atoms with E-state index >= 15 is 0 Å². The van der Waals surface area contributed by atoms with Gasteiger partial charge in [-0.1, -0.05) is 0 Å².